The van der Waals surface area contributed by atoms with Crippen molar-refractivity contribution in [3.8, 4) is 28.7 Å². The maximum absolute atomic E-state index is 14.9. The molecule has 0 radical (unpaired) electrons. The van der Waals surface area contributed by atoms with Crippen LogP contribution in [-0.4, -0.2) is 95.5 Å². The lowest BCUT2D eigenvalue weighted by molar-refractivity contribution is -0.160. The zero-order valence-corrected chi connectivity index (χ0v) is 39.4. The Morgan fingerprint density at radius 1 is 0.955 bits per heavy atom. The summed E-state index contributed by atoms with van der Waals surface area (Å²) in [5, 5.41) is 37.3. The van der Waals surface area contributed by atoms with E-state index in [1.54, 1.807) is 45.9 Å². The van der Waals surface area contributed by atoms with Gasteiger partial charge in [0.1, 0.15) is 40.3 Å². The summed E-state index contributed by atoms with van der Waals surface area (Å²) in [7, 11) is 2.95. The van der Waals surface area contributed by atoms with Gasteiger partial charge in [-0.3, -0.25) is 19.2 Å². The number of aromatic nitrogens is 1. The van der Waals surface area contributed by atoms with Crippen molar-refractivity contribution in [2.45, 2.75) is 105 Å². The highest BCUT2D eigenvalue weighted by atomic mass is 16.7. The number of nitrogens with zero attached hydrogens (tertiary/aromatic N) is 2. The predicted octanol–water partition coefficient (Wildman–Crippen LogP) is 7.19. The molecule has 16 heteroatoms. The molecule has 0 saturated carbocycles. The van der Waals surface area contributed by atoms with Crippen molar-refractivity contribution in [2.24, 2.45) is 29.6 Å². The van der Waals surface area contributed by atoms with E-state index >= 15 is 0 Å². The largest absolute Gasteiger partial charge is 0.507 e. The van der Waals surface area contributed by atoms with E-state index in [0.29, 0.717) is 11.7 Å². The molecule has 1 saturated heterocycles. The number of anilines is 2. The topological polar surface area (TPSA) is 216 Å². The number of phenolic OH excluding ortho intramolecular Hbond substituents is 1. The number of allylic oxidation sites excluding steroid dienone is 2. The van der Waals surface area contributed by atoms with Crippen LogP contribution in [0.2, 0.25) is 0 Å². The summed E-state index contributed by atoms with van der Waals surface area (Å²) in [6.45, 7) is 16.5. The van der Waals surface area contributed by atoms with Gasteiger partial charge in [0.25, 0.3) is 11.7 Å². The standard InChI is InChI=1S/C50H61N3O13/c1-23-15-18-53(19-16-23)31-21-33(62-11)38-34(22-31)65-47-39(51-38)35-36-43(57)29(7)46-37(35)48(59)50(9,66-46)63-20-17-32(61-10)26(4)45(64-30(8)54)28(6)42(56)27(5)41(55)24(2)13-12-14-25(3)49(60)52-40(47)44(36)58/h12-14,17,20-24,26-28,32,41-42,45,55-57H,15-16,18-19H2,1-11H3,(H,52,60)/b13-12+,20-17+,25-14-/t24-,26+,27+,28+,32-,41-,42+,45+,50-/m0/s1. The number of aromatic hydroxyl groups is 1. The fourth-order valence-corrected chi connectivity index (χ4v) is 9.47. The van der Waals surface area contributed by atoms with Crippen LogP contribution < -0.4 is 25.1 Å². The molecule has 0 unspecified atom stereocenters. The predicted molar refractivity (Wildman–Crippen MR) is 248 cm³/mol. The van der Waals surface area contributed by atoms with Crippen molar-refractivity contribution < 1.29 is 57.8 Å². The summed E-state index contributed by atoms with van der Waals surface area (Å²) in [6, 6.07) is 3.66. The van der Waals surface area contributed by atoms with Crippen molar-refractivity contribution in [2.75, 3.05) is 37.5 Å². The number of methoxy groups -OCH3 is 2. The molecule has 0 spiro atoms. The van der Waals surface area contributed by atoms with E-state index in [0.717, 1.165) is 31.6 Å². The number of hydrogen-bond acceptors (Lipinski definition) is 15. The summed E-state index contributed by atoms with van der Waals surface area (Å²) in [4.78, 5) is 63.5. The van der Waals surface area contributed by atoms with Crippen LogP contribution in [0.5, 0.6) is 17.2 Å². The Kier molecular flexibility index (Phi) is 13.6. The van der Waals surface area contributed by atoms with Crippen molar-refractivity contribution in [3.05, 3.63) is 69.6 Å². The zero-order chi connectivity index (χ0) is 48.1. The van der Waals surface area contributed by atoms with Crippen LogP contribution in [0, 0.1) is 36.5 Å². The monoisotopic (exact) mass is 911 g/mol. The van der Waals surface area contributed by atoms with E-state index in [9.17, 15) is 34.5 Å². The van der Waals surface area contributed by atoms with Gasteiger partial charge < -0.3 is 53.6 Å². The third-order valence-electron chi connectivity index (χ3n) is 13.8. The van der Waals surface area contributed by atoms with Crippen LogP contribution in [0.1, 0.15) is 84.2 Å². The van der Waals surface area contributed by atoms with E-state index in [4.69, 9.17) is 33.1 Å². The zero-order valence-electron chi connectivity index (χ0n) is 39.4. The molecule has 354 valence electrons. The quantitative estimate of drug-likeness (QED) is 0.0905. The second-order valence-electron chi connectivity index (χ2n) is 18.4. The van der Waals surface area contributed by atoms with Crippen molar-refractivity contribution in [1.29, 1.82) is 0 Å². The molecule has 9 atom stereocenters. The van der Waals surface area contributed by atoms with Gasteiger partial charge in [0, 0.05) is 92.1 Å². The number of aliphatic hydroxyl groups excluding tert-OH is 2. The molecule has 4 aliphatic heterocycles. The summed E-state index contributed by atoms with van der Waals surface area (Å²) >= 11 is 0. The van der Waals surface area contributed by atoms with E-state index in [1.807, 2.05) is 6.07 Å². The molecule has 1 amide bonds. The van der Waals surface area contributed by atoms with Crippen LogP contribution in [0.3, 0.4) is 0 Å². The minimum Gasteiger partial charge on any atom is -0.507 e. The normalized spacial score (nSPS) is 29.9. The molecule has 7 rings (SSSR count). The molecule has 5 aliphatic rings. The van der Waals surface area contributed by atoms with Gasteiger partial charge in [0.15, 0.2) is 11.3 Å². The lowest BCUT2D eigenvalue weighted by Crippen LogP contribution is -2.46. The van der Waals surface area contributed by atoms with E-state index in [-0.39, 0.29) is 61.5 Å². The number of phenols is 1. The van der Waals surface area contributed by atoms with Gasteiger partial charge in [-0.25, -0.2) is 4.98 Å². The van der Waals surface area contributed by atoms with Crippen molar-refractivity contribution in [3.63, 3.8) is 0 Å². The molecule has 1 fully saturated rings. The average molecular weight is 912 g/mol. The maximum Gasteiger partial charge on any atom is 0.312 e. The number of fused-ring (bicyclic) bond motifs is 2. The Hall–Kier alpha value is -5.97. The van der Waals surface area contributed by atoms with Crippen LogP contribution in [0.25, 0.3) is 33.3 Å². The third-order valence-corrected chi connectivity index (χ3v) is 13.8. The second kappa shape index (κ2) is 18.7. The number of amides is 1. The highest BCUT2D eigenvalue weighted by Crippen LogP contribution is 2.51. The molecule has 4 N–H and O–H groups in total. The Bertz CT molecular complexity index is 2680. The van der Waals surface area contributed by atoms with Crippen LogP contribution in [-0.2, 0) is 23.8 Å². The van der Waals surface area contributed by atoms with Gasteiger partial charge in [-0.15, -0.1) is 0 Å². The van der Waals surface area contributed by atoms with Crippen molar-refractivity contribution >= 4 is 50.9 Å². The molecule has 4 heterocycles. The number of benzene rings is 3. The van der Waals surface area contributed by atoms with E-state index in [2.05, 4.69) is 17.1 Å². The summed E-state index contributed by atoms with van der Waals surface area (Å²) in [5.41, 5.74) is 0.217. The van der Waals surface area contributed by atoms with Crippen LogP contribution >= 0.6 is 0 Å². The second-order valence-corrected chi connectivity index (χ2v) is 18.4. The Labute approximate surface area is 383 Å². The summed E-state index contributed by atoms with van der Waals surface area (Å²) < 4.78 is 36.5. The van der Waals surface area contributed by atoms with Gasteiger partial charge in [-0.05, 0) is 38.7 Å². The fourth-order valence-electron chi connectivity index (χ4n) is 9.47. The molecule has 2 aromatic carbocycles. The first-order chi connectivity index (χ1) is 31.2. The number of piperidine rings is 1. The number of carbonyl (C=O) groups is 3. The highest BCUT2D eigenvalue weighted by molar-refractivity contribution is 6.22. The van der Waals surface area contributed by atoms with Crippen LogP contribution in [0.4, 0.5) is 11.4 Å². The van der Waals surface area contributed by atoms with E-state index < -0.39 is 82.7 Å². The number of ketones is 1. The van der Waals surface area contributed by atoms with Gasteiger partial charge in [0.05, 0.1) is 42.6 Å². The maximum atomic E-state index is 14.9. The van der Waals surface area contributed by atoms with Crippen LogP contribution in [0.15, 0.2) is 57.5 Å². The molecule has 0 aromatic heterocycles. The summed E-state index contributed by atoms with van der Waals surface area (Å²) in [6.07, 6.45) is 5.60. The molecule has 16 nitrogen and oxygen atoms in total. The smallest absolute Gasteiger partial charge is 0.312 e. The molecule has 2 aromatic rings. The number of esters is 1. The Morgan fingerprint density at radius 2 is 1.65 bits per heavy atom. The molecule has 66 heavy (non-hydrogen) atoms. The van der Waals surface area contributed by atoms with Crippen molar-refractivity contribution in [1.82, 2.24) is 4.98 Å². The molecular formula is C50H61N3O13. The lowest BCUT2D eigenvalue weighted by atomic mass is 9.78. The number of aliphatic hydroxyl groups is 2. The molecular weight excluding hydrogens is 851 g/mol. The number of carbonyl (C=O) groups excluding carboxylic acids is 3. The summed E-state index contributed by atoms with van der Waals surface area (Å²) in [5.74, 6) is -6.35. The molecule has 4 bridgehead atoms. The number of hydrogen-bond donors (Lipinski definition) is 4. The molecule has 1 aliphatic carbocycles. The fraction of sp³-hybridized carbons (Fsp3) is 0.500. The third kappa shape index (κ3) is 8.61. The number of Topliss-reactive ketones (excluding diaryl/α,β-unsaturated/α-hetero) is 1. The minimum absolute atomic E-state index is 0.0393. The first-order valence-electron chi connectivity index (χ1n) is 22.5. The van der Waals surface area contributed by atoms with Gasteiger partial charge in [-0.2, -0.15) is 0 Å². The average Bonchev–Trinajstić information content (AvgIpc) is 3.56. The van der Waals surface area contributed by atoms with E-state index in [1.165, 1.54) is 60.3 Å². The highest BCUT2D eigenvalue weighted by Gasteiger charge is 2.50. The number of rotatable bonds is 4. The number of ether oxygens (including phenoxy) is 5. The van der Waals surface area contributed by atoms with Gasteiger partial charge in [0.2, 0.25) is 5.43 Å². The first kappa shape index (κ1) is 48.0. The SMILES string of the molecule is COc1cc(N2CCC(C)CC2)cc2oc3c4c(=O)c5c(O)c(C)c6c(c5c-3nc12)C(=O)[C@@](C)(O/C=C/[C@H](OC)[C@@H](C)[C@@H](OC(C)=O)[C@H](C)[C@H](O)[C@H](C)[C@@H](O)[C@@H](C)/C=C/C=C(/C)C(=O)N4)O6. The minimum atomic E-state index is -2.05. The number of nitrogens with one attached hydrogen (secondary N) is 1. The first-order valence-corrected chi connectivity index (χ1v) is 22.5. The Balaban J connectivity index is 1.46. The van der Waals surface area contributed by atoms with Gasteiger partial charge >= 0.3 is 11.8 Å². The van der Waals surface area contributed by atoms with Gasteiger partial charge in [-0.1, -0.05) is 52.8 Å². The lowest BCUT2D eigenvalue weighted by Gasteiger charge is -2.38. The Morgan fingerprint density at radius 3 is 2.30 bits per heavy atom.